The molecular weight excluding hydrogens is 437 g/mol. The zero-order valence-corrected chi connectivity index (χ0v) is 19.5. The molecule has 4 aliphatic carbocycles. The molecule has 0 N–H and O–H groups in total. The lowest BCUT2D eigenvalue weighted by atomic mass is 9.47. The third kappa shape index (κ3) is 4.23. The van der Waals surface area contributed by atoms with Crippen LogP contribution >= 0.6 is 0 Å². The third-order valence-electron chi connectivity index (χ3n) is 9.37. The van der Waals surface area contributed by atoms with Crippen LogP contribution in [-0.2, 0) is 23.9 Å². The average molecular weight is 471 g/mol. The van der Waals surface area contributed by atoms with Crippen molar-refractivity contribution in [2.24, 2.45) is 34.5 Å². The number of alkyl halides is 3. The summed E-state index contributed by atoms with van der Waals surface area (Å²) in [5.41, 5.74) is 0.907. The summed E-state index contributed by atoms with van der Waals surface area (Å²) in [6.45, 7) is 5.59. The normalized spacial score (nSPS) is 40.1. The summed E-state index contributed by atoms with van der Waals surface area (Å²) in [4.78, 5) is 35.3. The van der Waals surface area contributed by atoms with E-state index in [2.05, 4.69) is 19.9 Å². The summed E-state index contributed by atoms with van der Waals surface area (Å²) in [6, 6.07) is 0. The van der Waals surface area contributed by atoms with Gasteiger partial charge >= 0.3 is 18.1 Å². The van der Waals surface area contributed by atoms with E-state index in [1.165, 1.54) is 6.92 Å². The Kier molecular flexibility index (Phi) is 6.19. The van der Waals surface area contributed by atoms with Gasteiger partial charge in [-0.25, -0.2) is 4.79 Å². The number of hydrogen-bond acceptors (Lipinski definition) is 5. The summed E-state index contributed by atoms with van der Waals surface area (Å²) in [7, 11) is 0. The molecule has 3 saturated carbocycles. The number of fused-ring (bicyclic) bond motifs is 5. The summed E-state index contributed by atoms with van der Waals surface area (Å²) in [5.74, 6) is -1.39. The first-order valence-corrected chi connectivity index (χ1v) is 12.0. The second-order valence-corrected chi connectivity index (χ2v) is 10.9. The van der Waals surface area contributed by atoms with Crippen LogP contribution in [0, 0.1) is 34.5 Å². The average Bonchev–Trinajstić information content (AvgIpc) is 3.08. The first kappa shape index (κ1) is 24.3. The van der Waals surface area contributed by atoms with Gasteiger partial charge in [0.1, 0.15) is 12.7 Å². The largest absolute Gasteiger partial charge is 0.490 e. The van der Waals surface area contributed by atoms with E-state index in [0.29, 0.717) is 37.0 Å². The molecule has 3 fully saturated rings. The van der Waals surface area contributed by atoms with Crippen LogP contribution in [0.15, 0.2) is 11.6 Å². The minimum absolute atomic E-state index is 0.0129. The van der Waals surface area contributed by atoms with Crippen LogP contribution in [0.4, 0.5) is 13.2 Å². The number of esters is 2. The van der Waals surface area contributed by atoms with Crippen LogP contribution in [0.3, 0.4) is 0 Å². The Morgan fingerprint density at radius 1 is 1.06 bits per heavy atom. The Hall–Kier alpha value is -1.86. The third-order valence-corrected chi connectivity index (χ3v) is 9.37. The molecule has 0 aromatic rings. The molecule has 1 unspecified atom stereocenters. The monoisotopic (exact) mass is 470 g/mol. The van der Waals surface area contributed by atoms with Gasteiger partial charge < -0.3 is 9.47 Å². The first-order valence-electron chi connectivity index (χ1n) is 12.0. The summed E-state index contributed by atoms with van der Waals surface area (Å²) < 4.78 is 47.7. The highest BCUT2D eigenvalue weighted by atomic mass is 19.4. The number of rotatable bonds is 4. The lowest BCUT2D eigenvalue weighted by molar-refractivity contribution is -0.206. The second kappa shape index (κ2) is 8.42. The number of carbonyl (C=O) groups excluding carboxylic acids is 3. The molecule has 0 amide bonds. The molecule has 184 valence electrons. The molecule has 8 heteroatoms. The van der Waals surface area contributed by atoms with Gasteiger partial charge in [0.15, 0.2) is 5.78 Å². The van der Waals surface area contributed by atoms with E-state index in [1.54, 1.807) is 0 Å². The number of Topliss-reactive ketones (excluding diaryl/α,β-unsaturated/α-hetero) is 1. The van der Waals surface area contributed by atoms with E-state index in [1.807, 2.05) is 0 Å². The zero-order chi connectivity index (χ0) is 24.2. The van der Waals surface area contributed by atoms with Gasteiger partial charge in [-0.2, -0.15) is 13.2 Å². The Labute approximate surface area is 192 Å². The molecule has 0 heterocycles. The lowest BCUT2D eigenvalue weighted by Gasteiger charge is -2.58. The molecule has 4 rings (SSSR count). The maximum Gasteiger partial charge on any atom is 0.490 e. The molecule has 0 aromatic heterocycles. The molecule has 7 atom stereocenters. The van der Waals surface area contributed by atoms with E-state index in [4.69, 9.17) is 9.47 Å². The van der Waals surface area contributed by atoms with Crippen molar-refractivity contribution < 1.29 is 37.0 Å². The fourth-order valence-electron chi connectivity index (χ4n) is 7.75. The molecular formula is C25H33F3O5. The van der Waals surface area contributed by atoms with Crippen molar-refractivity contribution in [2.75, 3.05) is 6.61 Å². The topological polar surface area (TPSA) is 69.7 Å². The molecule has 0 bridgehead atoms. The van der Waals surface area contributed by atoms with Crippen LogP contribution in [0.2, 0.25) is 0 Å². The number of hydrogen-bond donors (Lipinski definition) is 0. The van der Waals surface area contributed by atoms with Crippen molar-refractivity contribution in [3.63, 3.8) is 0 Å². The van der Waals surface area contributed by atoms with Crippen molar-refractivity contribution in [3.05, 3.63) is 11.6 Å². The highest BCUT2D eigenvalue weighted by Crippen LogP contribution is 2.66. The van der Waals surface area contributed by atoms with E-state index in [-0.39, 0.29) is 29.1 Å². The number of ketones is 1. The van der Waals surface area contributed by atoms with Crippen LogP contribution in [0.5, 0.6) is 0 Å². The molecule has 4 aliphatic rings. The quantitative estimate of drug-likeness (QED) is 0.419. The summed E-state index contributed by atoms with van der Waals surface area (Å²) in [5, 5.41) is 0. The Bertz CT molecular complexity index is 865. The molecule has 33 heavy (non-hydrogen) atoms. The van der Waals surface area contributed by atoms with E-state index in [0.717, 1.165) is 37.7 Å². The van der Waals surface area contributed by atoms with Crippen LogP contribution < -0.4 is 0 Å². The van der Waals surface area contributed by atoms with Crippen molar-refractivity contribution in [1.82, 2.24) is 0 Å². The number of ether oxygens (including phenoxy) is 2. The smallest absolute Gasteiger partial charge is 0.458 e. The molecule has 0 aliphatic heterocycles. The molecule has 0 aromatic carbocycles. The predicted octanol–water partition coefficient (Wildman–Crippen LogP) is 5.17. The first-order chi connectivity index (χ1) is 15.4. The summed E-state index contributed by atoms with van der Waals surface area (Å²) >= 11 is 0. The van der Waals surface area contributed by atoms with E-state index in [9.17, 15) is 27.6 Å². The maximum atomic E-state index is 12.8. The molecule has 5 nitrogen and oxygen atoms in total. The van der Waals surface area contributed by atoms with Gasteiger partial charge in [-0.3, -0.25) is 9.59 Å². The van der Waals surface area contributed by atoms with Gasteiger partial charge in [-0.1, -0.05) is 25.5 Å². The van der Waals surface area contributed by atoms with Crippen LogP contribution in [0.25, 0.3) is 0 Å². The van der Waals surface area contributed by atoms with Gasteiger partial charge in [0.2, 0.25) is 0 Å². The van der Waals surface area contributed by atoms with Crippen LogP contribution in [-0.4, -0.2) is 36.6 Å². The molecule has 0 radical (unpaired) electrons. The standard InChI is InChI=1S/C25H33F3O5/c1-14(29)32-13-21(30)20-7-6-18-17-5-4-15-12-16(33-22(31)25(26,27)28)8-10-23(15,2)19(17)9-11-24(18,20)3/h4,16-20H,5-13H2,1-3H3/t16?,17-,18-,19-,20+,23-,24-/m0/s1. The maximum absolute atomic E-state index is 12.8. The Morgan fingerprint density at radius 3 is 2.45 bits per heavy atom. The number of carbonyl (C=O) groups is 3. The van der Waals surface area contributed by atoms with E-state index >= 15 is 0 Å². The predicted molar refractivity (Wildman–Crippen MR) is 113 cm³/mol. The summed E-state index contributed by atoms with van der Waals surface area (Å²) in [6.07, 6.45) is 2.51. The SMILES string of the molecule is CC(=O)OCC(=O)[C@H]1CC[C@H]2[C@@H]3CC=C4CC(OC(=O)C(F)(F)F)CC[C@]4(C)[C@H]3CC[C@]12C. The van der Waals surface area contributed by atoms with Gasteiger partial charge in [-0.15, -0.1) is 0 Å². The van der Waals surface area contributed by atoms with Crippen molar-refractivity contribution >= 4 is 17.7 Å². The van der Waals surface area contributed by atoms with Gasteiger partial charge in [0.25, 0.3) is 0 Å². The van der Waals surface area contributed by atoms with Gasteiger partial charge in [0, 0.05) is 19.3 Å². The lowest BCUT2D eigenvalue weighted by Crippen LogP contribution is -2.51. The van der Waals surface area contributed by atoms with Gasteiger partial charge in [0.05, 0.1) is 0 Å². The van der Waals surface area contributed by atoms with Crippen LogP contribution in [0.1, 0.15) is 72.1 Å². The Morgan fingerprint density at radius 2 is 1.79 bits per heavy atom. The Balaban J connectivity index is 1.48. The zero-order valence-electron chi connectivity index (χ0n) is 19.5. The van der Waals surface area contributed by atoms with E-state index < -0.39 is 24.2 Å². The highest BCUT2D eigenvalue weighted by molar-refractivity contribution is 5.85. The number of allylic oxidation sites excluding steroid dienone is 1. The molecule has 0 saturated heterocycles. The van der Waals surface area contributed by atoms with Gasteiger partial charge in [-0.05, 0) is 73.5 Å². The fraction of sp³-hybridized carbons (Fsp3) is 0.800. The molecule has 0 spiro atoms. The van der Waals surface area contributed by atoms with Crippen molar-refractivity contribution in [3.8, 4) is 0 Å². The fourth-order valence-corrected chi connectivity index (χ4v) is 7.75. The highest BCUT2D eigenvalue weighted by Gasteiger charge is 2.60. The minimum Gasteiger partial charge on any atom is -0.458 e. The number of halogens is 3. The van der Waals surface area contributed by atoms with Crippen molar-refractivity contribution in [1.29, 1.82) is 0 Å². The second-order valence-electron chi connectivity index (χ2n) is 10.9. The minimum atomic E-state index is -4.97. The van der Waals surface area contributed by atoms with Crippen molar-refractivity contribution in [2.45, 2.75) is 84.4 Å².